The normalized spacial score (nSPS) is 10.2. The highest BCUT2D eigenvalue weighted by atomic mass is 35.5. The van der Waals surface area contributed by atoms with Crippen LogP contribution in [-0.4, -0.2) is 0 Å². The van der Waals surface area contributed by atoms with Gasteiger partial charge in [-0.2, -0.15) is 0 Å². The lowest BCUT2D eigenvalue weighted by atomic mass is 10.2. The molecule has 88 valence electrons. The van der Waals surface area contributed by atoms with Crippen LogP contribution in [0.1, 0.15) is 11.1 Å². The minimum atomic E-state index is 0.426. The zero-order valence-electron chi connectivity index (χ0n) is 9.61. The molecule has 0 radical (unpaired) electrons. The van der Waals surface area contributed by atoms with Crippen LogP contribution in [0, 0.1) is 6.92 Å². The fourth-order valence-electron chi connectivity index (χ4n) is 1.49. The van der Waals surface area contributed by atoms with Crippen LogP contribution in [0.5, 0.6) is 5.75 Å². The van der Waals surface area contributed by atoms with Gasteiger partial charge in [0.05, 0.1) is 0 Å². The van der Waals surface area contributed by atoms with Gasteiger partial charge < -0.3 is 10.5 Å². The maximum absolute atomic E-state index is 5.91. The lowest BCUT2D eigenvalue weighted by Crippen LogP contribution is -2.00. The Morgan fingerprint density at radius 2 is 1.82 bits per heavy atom. The van der Waals surface area contributed by atoms with Gasteiger partial charge in [0.1, 0.15) is 12.4 Å². The van der Waals surface area contributed by atoms with E-state index in [1.54, 1.807) is 12.1 Å². The highest BCUT2D eigenvalue weighted by molar-refractivity contribution is 6.30. The number of hydrogen-bond acceptors (Lipinski definition) is 2. The summed E-state index contributed by atoms with van der Waals surface area (Å²) >= 11 is 5.91. The maximum Gasteiger partial charge on any atom is 0.119 e. The first-order valence-corrected chi connectivity index (χ1v) is 5.76. The Balaban J connectivity index is 2.07. The average Bonchev–Trinajstić information content (AvgIpc) is 2.32. The standard InChI is InChI=1S/C14H14ClNO/c1-10-2-5-13(6-3-10)17-9-11-8-12(15)4-7-14(11)16/h2-8H,9,16H2,1H3. The number of rotatable bonds is 3. The molecule has 0 spiro atoms. The summed E-state index contributed by atoms with van der Waals surface area (Å²) in [5, 5.41) is 0.668. The molecular formula is C14H14ClNO. The van der Waals surface area contributed by atoms with Gasteiger partial charge in [-0.15, -0.1) is 0 Å². The lowest BCUT2D eigenvalue weighted by Gasteiger charge is -2.09. The minimum Gasteiger partial charge on any atom is -0.489 e. The monoisotopic (exact) mass is 247 g/mol. The fourth-order valence-corrected chi connectivity index (χ4v) is 1.69. The Kier molecular flexibility index (Phi) is 3.55. The molecule has 2 nitrogen and oxygen atoms in total. The van der Waals surface area contributed by atoms with E-state index in [-0.39, 0.29) is 0 Å². The first kappa shape index (κ1) is 11.8. The van der Waals surface area contributed by atoms with Crippen molar-refractivity contribution in [1.82, 2.24) is 0 Å². The topological polar surface area (TPSA) is 35.2 Å². The Labute approximate surface area is 106 Å². The van der Waals surface area contributed by atoms with Crippen LogP contribution in [0.2, 0.25) is 5.02 Å². The first-order valence-electron chi connectivity index (χ1n) is 5.38. The number of hydrogen-bond donors (Lipinski definition) is 1. The highest BCUT2D eigenvalue weighted by Crippen LogP contribution is 2.20. The van der Waals surface area contributed by atoms with E-state index in [4.69, 9.17) is 22.1 Å². The molecule has 0 bridgehead atoms. The summed E-state index contributed by atoms with van der Waals surface area (Å²) in [6, 6.07) is 13.3. The fraction of sp³-hybridized carbons (Fsp3) is 0.143. The van der Waals surface area contributed by atoms with Crippen LogP contribution in [0.15, 0.2) is 42.5 Å². The number of nitrogens with two attached hydrogens (primary N) is 1. The molecule has 0 aliphatic carbocycles. The van der Waals surface area contributed by atoms with E-state index in [0.29, 0.717) is 17.3 Å². The molecule has 0 atom stereocenters. The van der Waals surface area contributed by atoms with Gasteiger partial charge in [0.25, 0.3) is 0 Å². The second kappa shape index (κ2) is 5.11. The molecule has 0 heterocycles. The predicted molar refractivity (Wildman–Crippen MR) is 71.4 cm³/mol. The van der Waals surface area contributed by atoms with Crippen molar-refractivity contribution in [2.45, 2.75) is 13.5 Å². The third-order valence-corrected chi connectivity index (χ3v) is 2.76. The minimum absolute atomic E-state index is 0.426. The zero-order valence-corrected chi connectivity index (χ0v) is 10.4. The Bertz CT molecular complexity index is 508. The SMILES string of the molecule is Cc1ccc(OCc2cc(Cl)ccc2N)cc1. The van der Waals surface area contributed by atoms with E-state index < -0.39 is 0 Å². The number of ether oxygens (including phenoxy) is 1. The highest BCUT2D eigenvalue weighted by Gasteiger charge is 2.01. The van der Waals surface area contributed by atoms with Crippen molar-refractivity contribution in [3.05, 3.63) is 58.6 Å². The molecule has 0 unspecified atom stereocenters. The molecule has 0 aromatic heterocycles. The van der Waals surface area contributed by atoms with E-state index in [0.717, 1.165) is 11.3 Å². The molecular weight excluding hydrogens is 234 g/mol. The molecule has 2 N–H and O–H groups in total. The van der Waals surface area contributed by atoms with Gasteiger partial charge in [-0.25, -0.2) is 0 Å². The Morgan fingerprint density at radius 1 is 1.12 bits per heavy atom. The largest absolute Gasteiger partial charge is 0.489 e. The third-order valence-electron chi connectivity index (χ3n) is 2.52. The predicted octanol–water partition coefficient (Wildman–Crippen LogP) is 3.81. The summed E-state index contributed by atoms with van der Waals surface area (Å²) in [6.45, 7) is 2.47. The van der Waals surface area contributed by atoms with Gasteiger partial charge in [0.15, 0.2) is 0 Å². The molecule has 2 rings (SSSR count). The van der Waals surface area contributed by atoms with Gasteiger partial charge in [0, 0.05) is 16.3 Å². The molecule has 2 aromatic rings. The molecule has 0 saturated heterocycles. The van der Waals surface area contributed by atoms with Crippen LogP contribution in [0.25, 0.3) is 0 Å². The van der Waals surface area contributed by atoms with E-state index in [2.05, 4.69) is 0 Å². The van der Waals surface area contributed by atoms with Gasteiger partial charge in [-0.1, -0.05) is 29.3 Å². The molecule has 0 fully saturated rings. The van der Waals surface area contributed by atoms with Crippen LogP contribution < -0.4 is 10.5 Å². The van der Waals surface area contributed by atoms with Gasteiger partial charge >= 0.3 is 0 Å². The van der Waals surface area contributed by atoms with Crippen molar-refractivity contribution in [3.8, 4) is 5.75 Å². The molecule has 0 saturated carbocycles. The van der Waals surface area contributed by atoms with Crippen molar-refractivity contribution in [1.29, 1.82) is 0 Å². The molecule has 0 aliphatic heterocycles. The number of aryl methyl sites for hydroxylation is 1. The smallest absolute Gasteiger partial charge is 0.119 e. The van der Waals surface area contributed by atoms with Crippen LogP contribution in [0.4, 0.5) is 5.69 Å². The molecule has 17 heavy (non-hydrogen) atoms. The quantitative estimate of drug-likeness (QED) is 0.837. The Morgan fingerprint density at radius 3 is 2.53 bits per heavy atom. The van der Waals surface area contributed by atoms with Gasteiger partial charge in [-0.05, 0) is 37.3 Å². The molecule has 0 aliphatic rings. The zero-order chi connectivity index (χ0) is 12.3. The van der Waals surface area contributed by atoms with Gasteiger partial charge in [0.2, 0.25) is 0 Å². The third kappa shape index (κ3) is 3.14. The summed E-state index contributed by atoms with van der Waals surface area (Å²) in [7, 11) is 0. The summed E-state index contributed by atoms with van der Waals surface area (Å²) < 4.78 is 5.64. The van der Waals surface area contributed by atoms with E-state index in [9.17, 15) is 0 Å². The van der Waals surface area contributed by atoms with E-state index in [1.807, 2.05) is 37.3 Å². The molecule has 2 aromatic carbocycles. The van der Waals surface area contributed by atoms with E-state index in [1.165, 1.54) is 5.56 Å². The summed E-state index contributed by atoms with van der Waals surface area (Å²) in [4.78, 5) is 0. The lowest BCUT2D eigenvalue weighted by molar-refractivity contribution is 0.307. The molecule has 3 heteroatoms. The van der Waals surface area contributed by atoms with Crippen LogP contribution in [0.3, 0.4) is 0 Å². The second-order valence-electron chi connectivity index (χ2n) is 3.94. The summed E-state index contributed by atoms with van der Waals surface area (Å²) in [6.07, 6.45) is 0. The number of anilines is 1. The van der Waals surface area contributed by atoms with Gasteiger partial charge in [-0.3, -0.25) is 0 Å². The number of benzene rings is 2. The van der Waals surface area contributed by atoms with Crippen molar-refractivity contribution >= 4 is 17.3 Å². The van der Waals surface area contributed by atoms with Crippen molar-refractivity contribution < 1.29 is 4.74 Å². The van der Waals surface area contributed by atoms with Crippen molar-refractivity contribution in [2.75, 3.05) is 5.73 Å². The van der Waals surface area contributed by atoms with E-state index >= 15 is 0 Å². The van der Waals surface area contributed by atoms with Crippen LogP contribution in [-0.2, 0) is 6.61 Å². The number of nitrogen functional groups attached to an aromatic ring is 1. The summed E-state index contributed by atoms with van der Waals surface area (Å²) in [5.41, 5.74) is 8.64. The van der Waals surface area contributed by atoms with Crippen LogP contribution >= 0.6 is 11.6 Å². The first-order chi connectivity index (χ1) is 8.15. The van der Waals surface area contributed by atoms with Crippen molar-refractivity contribution in [3.63, 3.8) is 0 Å². The summed E-state index contributed by atoms with van der Waals surface area (Å²) in [5.74, 6) is 0.829. The molecule has 0 amide bonds. The average molecular weight is 248 g/mol. The number of halogens is 1. The van der Waals surface area contributed by atoms with Crippen molar-refractivity contribution in [2.24, 2.45) is 0 Å². The maximum atomic E-state index is 5.91. The second-order valence-corrected chi connectivity index (χ2v) is 4.38. The Hall–Kier alpha value is -1.67.